The lowest BCUT2D eigenvalue weighted by Crippen LogP contribution is -2.09. The lowest BCUT2D eigenvalue weighted by Gasteiger charge is -2.11. The van der Waals surface area contributed by atoms with Gasteiger partial charge in [-0.3, -0.25) is 0 Å². The summed E-state index contributed by atoms with van der Waals surface area (Å²) < 4.78 is 43.7. The Balaban J connectivity index is 1.61. The van der Waals surface area contributed by atoms with Crippen LogP contribution in [0.25, 0.3) is 0 Å². The van der Waals surface area contributed by atoms with Gasteiger partial charge >= 0.3 is 6.18 Å². The van der Waals surface area contributed by atoms with Crippen molar-refractivity contribution in [3.63, 3.8) is 0 Å². The predicted octanol–water partition coefficient (Wildman–Crippen LogP) is 4.90. The Bertz CT molecular complexity index is 931. The summed E-state index contributed by atoms with van der Waals surface area (Å²) in [7, 11) is 1.62. The molecule has 2 aromatic carbocycles. The van der Waals surface area contributed by atoms with Crippen molar-refractivity contribution in [1.29, 1.82) is 0 Å². The summed E-state index contributed by atoms with van der Waals surface area (Å²) in [5, 5.41) is 5.98. The smallest absolute Gasteiger partial charge is 0.416 e. The molecule has 28 heavy (non-hydrogen) atoms. The fourth-order valence-corrected chi connectivity index (χ4v) is 2.58. The largest absolute Gasteiger partial charge is 0.497 e. The first-order valence-electron chi connectivity index (χ1n) is 8.58. The van der Waals surface area contributed by atoms with Crippen LogP contribution in [0.5, 0.6) is 5.75 Å². The van der Waals surface area contributed by atoms with Gasteiger partial charge < -0.3 is 15.4 Å². The second kappa shape index (κ2) is 8.60. The third kappa shape index (κ3) is 5.35. The molecule has 0 bridgehead atoms. The van der Waals surface area contributed by atoms with Gasteiger partial charge in [-0.1, -0.05) is 18.2 Å². The Kier molecular flexibility index (Phi) is 5.98. The molecule has 1 aromatic heterocycles. The van der Waals surface area contributed by atoms with Crippen molar-refractivity contribution in [2.24, 2.45) is 0 Å². The van der Waals surface area contributed by atoms with E-state index in [0.29, 0.717) is 24.0 Å². The molecule has 0 saturated heterocycles. The van der Waals surface area contributed by atoms with E-state index in [2.05, 4.69) is 20.6 Å². The van der Waals surface area contributed by atoms with Gasteiger partial charge in [0, 0.05) is 18.4 Å². The Morgan fingerprint density at radius 1 is 1.04 bits per heavy atom. The molecular formula is C20H19F3N4O. The average molecular weight is 388 g/mol. The van der Waals surface area contributed by atoms with Gasteiger partial charge in [-0.05, 0) is 48.4 Å². The standard InChI is InChI=1S/C20H19F3N4O/c1-28-17-7-2-4-14(12-17)8-10-24-19-25-11-9-18(27-19)26-16-6-3-5-15(13-16)20(21,22)23/h2-7,9,11-13H,8,10H2,1H3,(H2,24,25,26,27). The number of hydrogen-bond acceptors (Lipinski definition) is 5. The van der Waals surface area contributed by atoms with Crippen molar-refractivity contribution in [3.8, 4) is 5.75 Å². The van der Waals surface area contributed by atoms with Gasteiger partial charge in [0.1, 0.15) is 11.6 Å². The zero-order chi connectivity index (χ0) is 20.0. The number of anilines is 3. The number of aromatic nitrogens is 2. The van der Waals surface area contributed by atoms with Crippen molar-refractivity contribution in [1.82, 2.24) is 9.97 Å². The highest BCUT2D eigenvalue weighted by atomic mass is 19.4. The average Bonchev–Trinajstić information content (AvgIpc) is 2.68. The van der Waals surface area contributed by atoms with Crippen LogP contribution < -0.4 is 15.4 Å². The first-order valence-corrected chi connectivity index (χ1v) is 8.58. The monoisotopic (exact) mass is 388 g/mol. The Morgan fingerprint density at radius 2 is 1.86 bits per heavy atom. The molecule has 0 aliphatic heterocycles. The summed E-state index contributed by atoms with van der Waals surface area (Å²) in [5.41, 5.74) is 0.684. The van der Waals surface area contributed by atoms with Crippen LogP contribution in [0.2, 0.25) is 0 Å². The quantitative estimate of drug-likeness (QED) is 0.603. The molecule has 3 rings (SSSR count). The third-order valence-electron chi connectivity index (χ3n) is 3.95. The maximum atomic E-state index is 12.8. The minimum atomic E-state index is -4.39. The highest BCUT2D eigenvalue weighted by Gasteiger charge is 2.30. The van der Waals surface area contributed by atoms with Gasteiger partial charge in [-0.15, -0.1) is 0 Å². The van der Waals surface area contributed by atoms with Crippen LogP contribution in [0.1, 0.15) is 11.1 Å². The zero-order valence-electron chi connectivity index (χ0n) is 15.1. The van der Waals surface area contributed by atoms with Gasteiger partial charge in [-0.2, -0.15) is 18.2 Å². The summed E-state index contributed by atoms with van der Waals surface area (Å²) >= 11 is 0. The van der Waals surface area contributed by atoms with E-state index in [1.807, 2.05) is 24.3 Å². The van der Waals surface area contributed by atoms with E-state index in [4.69, 9.17) is 4.74 Å². The maximum absolute atomic E-state index is 12.8. The van der Waals surface area contributed by atoms with Crippen molar-refractivity contribution in [2.75, 3.05) is 24.3 Å². The second-order valence-electron chi connectivity index (χ2n) is 6.00. The minimum Gasteiger partial charge on any atom is -0.497 e. The van der Waals surface area contributed by atoms with Crippen molar-refractivity contribution < 1.29 is 17.9 Å². The topological polar surface area (TPSA) is 59.1 Å². The van der Waals surface area contributed by atoms with Gasteiger partial charge in [0.2, 0.25) is 5.95 Å². The van der Waals surface area contributed by atoms with Crippen LogP contribution >= 0.6 is 0 Å². The molecule has 0 atom stereocenters. The van der Waals surface area contributed by atoms with E-state index >= 15 is 0 Å². The molecule has 3 aromatic rings. The van der Waals surface area contributed by atoms with Gasteiger partial charge in [-0.25, -0.2) is 4.98 Å². The molecule has 0 aliphatic rings. The molecule has 0 radical (unpaired) electrons. The summed E-state index contributed by atoms with van der Waals surface area (Å²) in [6.07, 6.45) is -2.11. The van der Waals surface area contributed by atoms with Crippen LogP contribution in [-0.4, -0.2) is 23.6 Å². The van der Waals surface area contributed by atoms with Gasteiger partial charge in [0.25, 0.3) is 0 Å². The van der Waals surface area contributed by atoms with E-state index in [9.17, 15) is 13.2 Å². The first-order chi connectivity index (χ1) is 13.4. The second-order valence-corrected chi connectivity index (χ2v) is 6.00. The number of methoxy groups -OCH3 is 1. The maximum Gasteiger partial charge on any atom is 0.416 e. The van der Waals surface area contributed by atoms with Gasteiger partial charge in [0.15, 0.2) is 0 Å². The number of nitrogens with one attached hydrogen (secondary N) is 2. The molecule has 0 fully saturated rings. The molecule has 0 amide bonds. The number of hydrogen-bond donors (Lipinski definition) is 2. The van der Waals surface area contributed by atoms with E-state index in [-0.39, 0.29) is 0 Å². The third-order valence-corrected chi connectivity index (χ3v) is 3.95. The Labute approximate surface area is 160 Å². The van der Waals surface area contributed by atoms with E-state index in [0.717, 1.165) is 29.9 Å². The molecule has 0 aliphatic carbocycles. The van der Waals surface area contributed by atoms with E-state index in [1.54, 1.807) is 19.2 Å². The Morgan fingerprint density at radius 3 is 2.64 bits per heavy atom. The predicted molar refractivity (Wildman–Crippen MR) is 102 cm³/mol. The molecule has 1 heterocycles. The lowest BCUT2D eigenvalue weighted by atomic mass is 10.1. The van der Waals surface area contributed by atoms with Crippen molar-refractivity contribution >= 4 is 17.5 Å². The number of rotatable bonds is 7. The summed E-state index contributed by atoms with van der Waals surface area (Å²) in [5.74, 6) is 1.58. The highest BCUT2D eigenvalue weighted by molar-refractivity contribution is 5.58. The van der Waals surface area contributed by atoms with E-state index in [1.165, 1.54) is 12.3 Å². The summed E-state index contributed by atoms with van der Waals surface area (Å²) in [6, 6.07) is 14.3. The Hall–Kier alpha value is -3.29. The van der Waals surface area contributed by atoms with Crippen molar-refractivity contribution in [3.05, 3.63) is 71.9 Å². The molecular weight excluding hydrogens is 369 g/mol. The fourth-order valence-electron chi connectivity index (χ4n) is 2.58. The number of ether oxygens (including phenoxy) is 1. The van der Waals surface area contributed by atoms with Crippen LogP contribution in [0, 0.1) is 0 Å². The molecule has 146 valence electrons. The summed E-state index contributed by atoms with van der Waals surface area (Å²) in [4.78, 5) is 8.42. The number of halogens is 3. The molecule has 2 N–H and O–H groups in total. The summed E-state index contributed by atoms with van der Waals surface area (Å²) in [6.45, 7) is 0.597. The molecule has 5 nitrogen and oxygen atoms in total. The van der Waals surface area contributed by atoms with Crippen LogP contribution in [-0.2, 0) is 12.6 Å². The molecule has 0 unspecified atom stereocenters. The number of alkyl halides is 3. The molecule has 8 heteroatoms. The van der Waals surface area contributed by atoms with Crippen LogP contribution in [0.15, 0.2) is 60.8 Å². The molecule has 0 saturated carbocycles. The first kappa shape index (κ1) is 19.5. The number of benzene rings is 2. The molecule has 0 spiro atoms. The van der Waals surface area contributed by atoms with Crippen LogP contribution in [0.3, 0.4) is 0 Å². The highest BCUT2D eigenvalue weighted by Crippen LogP contribution is 2.31. The van der Waals surface area contributed by atoms with Gasteiger partial charge in [0.05, 0.1) is 12.7 Å². The SMILES string of the molecule is COc1cccc(CCNc2nccc(Nc3cccc(C(F)(F)F)c3)n2)c1. The lowest BCUT2D eigenvalue weighted by molar-refractivity contribution is -0.137. The van der Waals surface area contributed by atoms with Crippen molar-refractivity contribution in [2.45, 2.75) is 12.6 Å². The number of nitrogens with zero attached hydrogens (tertiary/aromatic N) is 2. The fraction of sp³-hybridized carbons (Fsp3) is 0.200. The van der Waals surface area contributed by atoms with E-state index < -0.39 is 11.7 Å². The zero-order valence-corrected chi connectivity index (χ0v) is 15.1. The van der Waals surface area contributed by atoms with Crippen LogP contribution in [0.4, 0.5) is 30.6 Å². The normalized spacial score (nSPS) is 11.1. The minimum absolute atomic E-state index is 0.302.